The number of methoxy groups -OCH3 is 1. The third kappa shape index (κ3) is 4.58. The molecule has 2 rings (SSSR count). The molecule has 0 aromatic heterocycles. The van der Waals surface area contributed by atoms with Crippen molar-refractivity contribution in [3.8, 4) is 5.75 Å². The number of halogens is 2. The molecule has 0 saturated heterocycles. The number of ether oxygens (including phenoxy) is 1. The van der Waals surface area contributed by atoms with Gasteiger partial charge in [0.15, 0.2) is 5.11 Å². The third-order valence-electron chi connectivity index (χ3n) is 2.78. The normalized spacial score (nSPS) is 10.0. The summed E-state index contributed by atoms with van der Waals surface area (Å²) in [5.74, 6) is 0.347. The van der Waals surface area contributed by atoms with Crippen LogP contribution in [-0.4, -0.2) is 12.2 Å². The summed E-state index contributed by atoms with van der Waals surface area (Å²) in [6.45, 7) is 0.510. The maximum Gasteiger partial charge on any atom is 0.171 e. The average molecular weight is 325 g/mol. The summed E-state index contributed by atoms with van der Waals surface area (Å²) in [5.41, 5.74) is 1.70. The van der Waals surface area contributed by atoms with Crippen molar-refractivity contribution in [1.29, 1.82) is 0 Å². The van der Waals surface area contributed by atoms with Crippen molar-refractivity contribution in [2.45, 2.75) is 6.54 Å². The molecule has 2 aromatic carbocycles. The van der Waals surface area contributed by atoms with Crippen molar-refractivity contribution in [2.24, 2.45) is 0 Å². The lowest BCUT2D eigenvalue weighted by molar-refractivity contribution is 0.415. The van der Waals surface area contributed by atoms with Gasteiger partial charge in [-0.1, -0.05) is 23.7 Å². The fourth-order valence-electron chi connectivity index (χ4n) is 1.70. The zero-order chi connectivity index (χ0) is 15.2. The number of nitrogens with one attached hydrogen (secondary N) is 2. The number of rotatable bonds is 4. The van der Waals surface area contributed by atoms with Gasteiger partial charge in [-0.2, -0.15) is 0 Å². The summed E-state index contributed by atoms with van der Waals surface area (Å²) in [7, 11) is 1.56. The highest BCUT2D eigenvalue weighted by Crippen LogP contribution is 2.27. The van der Waals surface area contributed by atoms with Crippen LogP contribution in [0.25, 0.3) is 0 Å². The van der Waals surface area contributed by atoms with Gasteiger partial charge in [-0.3, -0.25) is 0 Å². The molecule has 0 spiro atoms. The molecule has 0 bridgehead atoms. The van der Waals surface area contributed by atoms with Crippen LogP contribution in [-0.2, 0) is 6.54 Å². The van der Waals surface area contributed by atoms with Crippen LogP contribution in [0.3, 0.4) is 0 Å². The number of thiocarbonyl (C=S) groups is 1. The smallest absolute Gasteiger partial charge is 0.171 e. The Morgan fingerprint density at radius 3 is 2.57 bits per heavy atom. The summed E-state index contributed by atoms with van der Waals surface area (Å²) in [4.78, 5) is 0. The highest BCUT2D eigenvalue weighted by molar-refractivity contribution is 7.80. The van der Waals surface area contributed by atoms with Crippen molar-refractivity contribution in [3.63, 3.8) is 0 Å². The molecular formula is C15H14ClFN2OS. The second kappa shape index (κ2) is 7.24. The van der Waals surface area contributed by atoms with Crippen LogP contribution in [0.5, 0.6) is 5.75 Å². The second-order valence-electron chi connectivity index (χ2n) is 4.28. The molecule has 0 fully saturated rings. The Labute approximate surface area is 133 Å². The fraction of sp³-hybridized carbons (Fsp3) is 0.133. The highest BCUT2D eigenvalue weighted by Gasteiger charge is 2.03. The number of anilines is 1. The van der Waals surface area contributed by atoms with Crippen LogP contribution in [0.2, 0.25) is 5.02 Å². The quantitative estimate of drug-likeness (QED) is 0.834. The average Bonchev–Trinajstić information content (AvgIpc) is 2.47. The van der Waals surface area contributed by atoms with Crippen LogP contribution in [0.15, 0.2) is 42.5 Å². The molecule has 0 aliphatic carbocycles. The molecule has 2 aromatic rings. The van der Waals surface area contributed by atoms with Crippen molar-refractivity contribution in [1.82, 2.24) is 5.32 Å². The van der Waals surface area contributed by atoms with Gasteiger partial charge in [-0.15, -0.1) is 0 Å². The first kappa shape index (κ1) is 15.5. The van der Waals surface area contributed by atoms with E-state index in [1.807, 2.05) is 6.07 Å². The van der Waals surface area contributed by atoms with Crippen LogP contribution in [0, 0.1) is 5.82 Å². The molecule has 0 radical (unpaired) electrons. The molecule has 0 saturated carbocycles. The Morgan fingerprint density at radius 1 is 1.24 bits per heavy atom. The lowest BCUT2D eigenvalue weighted by Crippen LogP contribution is -2.27. The highest BCUT2D eigenvalue weighted by atomic mass is 35.5. The SMILES string of the molecule is COc1ccc(NC(=S)NCc2ccc(F)cc2)cc1Cl. The molecule has 0 amide bonds. The summed E-state index contributed by atoms with van der Waals surface area (Å²) in [6.07, 6.45) is 0. The van der Waals surface area contributed by atoms with Crippen LogP contribution < -0.4 is 15.4 Å². The van der Waals surface area contributed by atoms with E-state index in [0.717, 1.165) is 11.3 Å². The van der Waals surface area contributed by atoms with Crippen LogP contribution in [0.4, 0.5) is 10.1 Å². The molecule has 110 valence electrons. The Balaban J connectivity index is 1.89. The minimum atomic E-state index is -0.257. The lowest BCUT2D eigenvalue weighted by atomic mass is 10.2. The van der Waals surface area contributed by atoms with Gasteiger partial charge in [0.2, 0.25) is 0 Å². The van der Waals surface area contributed by atoms with E-state index in [2.05, 4.69) is 10.6 Å². The maximum atomic E-state index is 12.8. The van der Waals surface area contributed by atoms with Crippen LogP contribution in [0.1, 0.15) is 5.56 Å². The molecule has 3 nitrogen and oxygen atoms in total. The van der Waals surface area contributed by atoms with E-state index in [9.17, 15) is 4.39 Å². The first-order valence-corrected chi connectivity index (χ1v) is 7.00. The summed E-state index contributed by atoms with van der Waals surface area (Å²) in [6, 6.07) is 11.5. The maximum absolute atomic E-state index is 12.8. The predicted molar refractivity (Wildman–Crippen MR) is 87.5 cm³/mol. The van der Waals surface area contributed by atoms with Gasteiger partial charge in [-0.05, 0) is 48.1 Å². The van der Waals surface area contributed by atoms with E-state index < -0.39 is 0 Å². The van der Waals surface area contributed by atoms with Gasteiger partial charge >= 0.3 is 0 Å². The molecule has 0 atom stereocenters. The van der Waals surface area contributed by atoms with Crippen LogP contribution >= 0.6 is 23.8 Å². The van der Waals surface area contributed by atoms with E-state index in [1.165, 1.54) is 12.1 Å². The number of hydrogen-bond donors (Lipinski definition) is 2. The van der Waals surface area contributed by atoms with Gasteiger partial charge in [-0.25, -0.2) is 4.39 Å². The van der Waals surface area contributed by atoms with E-state index in [4.69, 9.17) is 28.6 Å². The number of benzene rings is 2. The Kier molecular flexibility index (Phi) is 5.36. The van der Waals surface area contributed by atoms with Gasteiger partial charge in [0, 0.05) is 12.2 Å². The first-order chi connectivity index (χ1) is 10.1. The fourth-order valence-corrected chi connectivity index (χ4v) is 2.15. The molecule has 0 aliphatic rings. The molecule has 0 aliphatic heterocycles. The molecule has 21 heavy (non-hydrogen) atoms. The Bertz CT molecular complexity index is 634. The summed E-state index contributed by atoms with van der Waals surface area (Å²) < 4.78 is 17.9. The van der Waals surface area contributed by atoms with Gasteiger partial charge < -0.3 is 15.4 Å². The summed E-state index contributed by atoms with van der Waals surface area (Å²) in [5, 5.41) is 7.02. The van der Waals surface area contributed by atoms with E-state index in [0.29, 0.717) is 22.4 Å². The zero-order valence-corrected chi connectivity index (χ0v) is 12.9. The summed E-state index contributed by atoms with van der Waals surface area (Å²) >= 11 is 11.2. The largest absolute Gasteiger partial charge is 0.495 e. The Hall–Kier alpha value is -1.85. The molecule has 0 heterocycles. The van der Waals surface area contributed by atoms with E-state index >= 15 is 0 Å². The minimum Gasteiger partial charge on any atom is -0.495 e. The molecular weight excluding hydrogens is 311 g/mol. The van der Waals surface area contributed by atoms with E-state index in [1.54, 1.807) is 31.4 Å². The van der Waals surface area contributed by atoms with E-state index in [-0.39, 0.29) is 5.82 Å². The van der Waals surface area contributed by atoms with Crippen molar-refractivity contribution in [2.75, 3.05) is 12.4 Å². The minimum absolute atomic E-state index is 0.257. The monoisotopic (exact) mass is 324 g/mol. The Morgan fingerprint density at radius 2 is 1.95 bits per heavy atom. The zero-order valence-electron chi connectivity index (χ0n) is 11.3. The first-order valence-electron chi connectivity index (χ1n) is 6.21. The van der Waals surface area contributed by atoms with Crippen molar-refractivity contribution < 1.29 is 9.13 Å². The molecule has 0 unspecified atom stereocenters. The molecule has 6 heteroatoms. The van der Waals surface area contributed by atoms with Crippen molar-refractivity contribution in [3.05, 3.63) is 58.9 Å². The predicted octanol–water partition coefficient (Wildman–Crippen LogP) is 3.97. The standard InChI is InChI=1S/C15H14ClFN2OS/c1-20-14-7-6-12(8-13(14)16)19-15(21)18-9-10-2-4-11(17)5-3-10/h2-8H,9H2,1H3,(H2,18,19,21). The number of hydrogen-bond acceptors (Lipinski definition) is 2. The third-order valence-corrected chi connectivity index (χ3v) is 3.32. The van der Waals surface area contributed by atoms with Gasteiger partial charge in [0.05, 0.1) is 12.1 Å². The molecule has 2 N–H and O–H groups in total. The van der Waals surface area contributed by atoms with Gasteiger partial charge in [0.1, 0.15) is 11.6 Å². The lowest BCUT2D eigenvalue weighted by Gasteiger charge is -2.12. The van der Waals surface area contributed by atoms with Gasteiger partial charge in [0.25, 0.3) is 0 Å². The topological polar surface area (TPSA) is 33.3 Å². The van der Waals surface area contributed by atoms with Crippen molar-refractivity contribution >= 4 is 34.6 Å². The second-order valence-corrected chi connectivity index (χ2v) is 5.10.